The van der Waals surface area contributed by atoms with E-state index in [-0.39, 0.29) is 18.5 Å². The van der Waals surface area contributed by atoms with E-state index in [1.807, 2.05) is 42.6 Å². The monoisotopic (exact) mass is 503 g/mol. The van der Waals surface area contributed by atoms with Gasteiger partial charge in [-0.15, -0.1) is 11.3 Å². The number of imidazole rings is 1. The van der Waals surface area contributed by atoms with Gasteiger partial charge in [-0.1, -0.05) is 43.3 Å². The van der Waals surface area contributed by atoms with Crippen LogP contribution in [0.2, 0.25) is 0 Å². The first-order valence-electron chi connectivity index (χ1n) is 11.3. The van der Waals surface area contributed by atoms with Crippen LogP contribution in [0.3, 0.4) is 0 Å². The Balaban J connectivity index is 1.65. The molecule has 0 bridgehead atoms. The Kier molecular flexibility index (Phi) is 6.43. The molecule has 0 spiro atoms. The molecule has 1 aliphatic heterocycles. The summed E-state index contributed by atoms with van der Waals surface area (Å²) in [7, 11) is -3.77. The Morgan fingerprint density at radius 1 is 1.20 bits per heavy atom. The minimum Gasteiger partial charge on any atom is -0.364 e. The van der Waals surface area contributed by atoms with E-state index in [0.29, 0.717) is 22.9 Å². The zero-order chi connectivity index (χ0) is 24.4. The predicted octanol–water partition coefficient (Wildman–Crippen LogP) is 4.73. The van der Waals surface area contributed by atoms with E-state index in [9.17, 15) is 13.7 Å². The number of sulfonamides is 1. The Bertz CT molecular complexity index is 1430. The van der Waals surface area contributed by atoms with Crippen LogP contribution in [-0.4, -0.2) is 35.3 Å². The van der Waals surface area contributed by atoms with Crippen molar-refractivity contribution in [1.29, 1.82) is 5.26 Å². The number of benzene rings is 2. The van der Waals surface area contributed by atoms with Gasteiger partial charge in [0.2, 0.25) is 0 Å². The number of H-pyrrole nitrogens is 1. The van der Waals surface area contributed by atoms with Crippen LogP contribution in [0.4, 0.5) is 5.69 Å². The first kappa shape index (κ1) is 23.3. The van der Waals surface area contributed by atoms with E-state index in [2.05, 4.69) is 27.9 Å². The molecule has 2 aromatic heterocycles. The van der Waals surface area contributed by atoms with Crippen molar-refractivity contribution < 1.29 is 8.42 Å². The number of nitrogens with one attached hydrogen (secondary N) is 1. The number of thiophene rings is 1. The lowest BCUT2D eigenvalue weighted by atomic mass is 9.93. The van der Waals surface area contributed by atoms with Gasteiger partial charge in [0.05, 0.1) is 30.2 Å². The van der Waals surface area contributed by atoms with Crippen LogP contribution in [0.5, 0.6) is 0 Å². The van der Waals surface area contributed by atoms with E-state index < -0.39 is 10.0 Å². The molecule has 2 aromatic carbocycles. The number of fused-ring (bicyclic) bond motifs is 1. The fraction of sp³-hybridized carbons (Fsp3) is 0.231. The highest BCUT2D eigenvalue weighted by Crippen LogP contribution is 2.37. The highest BCUT2D eigenvalue weighted by atomic mass is 32.2. The van der Waals surface area contributed by atoms with Crippen LogP contribution in [0.25, 0.3) is 0 Å². The number of nitrogens with zero attached hydrogens (tertiary/aromatic N) is 4. The van der Waals surface area contributed by atoms with Crippen molar-refractivity contribution in [2.75, 3.05) is 11.4 Å². The molecule has 0 amide bonds. The largest absolute Gasteiger partial charge is 0.364 e. The predicted molar refractivity (Wildman–Crippen MR) is 136 cm³/mol. The molecule has 7 nitrogen and oxygen atoms in total. The summed E-state index contributed by atoms with van der Waals surface area (Å²) < 4.78 is 29.9. The topological polar surface area (TPSA) is 93.1 Å². The number of rotatable bonds is 6. The molecular formula is C26H25N5O2S2. The van der Waals surface area contributed by atoms with E-state index in [1.54, 1.807) is 40.3 Å². The molecule has 0 aliphatic carbocycles. The molecule has 0 saturated heterocycles. The fourth-order valence-electron chi connectivity index (χ4n) is 4.69. The SMILES string of the molecule is C[C@H](c1ccccc1)[C@@H]1CN(Cc2c[nH]cn2)c2ccc(C#N)cc2CN1S(=O)(=O)c1cccs1. The van der Waals surface area contributed by atoms with Crippen LogP contribution in [0.15, 0.2) is 82.8 Å². The highest BCUT2D eigenvalue weighted by molar-refractivity contribution is 7.91. The lowest BCUT2D eigenvalue weighted by molar-refractivity contribution is 0.288. The molecule has 0 unspecified atom stereocenters. The van der Waals surface area contributed by atoms with Crippen LogP contribution in [0, 0.1) is 11.3 Å². The number of anilines is 1. The third-order valence-corrected chi connectivity index (χ3v) is 9.77. The van der Waals surface area contributed by atoms with Gasteiger partial charge in [-0.3, -0.25) is 0 Å². The van der Waals surface area contributed by atoms with Crippen molar-refractivity contribution in [2.45, 2.75) is 36.2 Å². The lowest BCUT2D eigenvalue weighted by Gasteiger charge is -2.35. The van der Waals surface area contributed by atoms with Gasteiger partial charge in [-0.2, -0.15) is 9.57 Å². The summed E-state index contributed by atoms with van der Waals surface area (Å²) >= 11 is 1.22. The lowest BCUT2D eigenvalue weighted by Crippen LogP contribution is -2.47. The highest BCUT2D eigenvalue weighted by Gasteiger charge is 2.40. The summed E-state index contributed by atoms with van der Waals surface area (Å²) in [5.74, 6) is -0.0719. The summed E-state index contributed by atoms with van der Waals surface area (Å²) in [6, 6.07) is 20.8. The molecule has 35 heavy (non-hydrogen) atoms. The molecule has 1 aliphatic rings. The first-order valence-corrected chi connectivity index (χ1v) is 13.7. The van der Waals surface area contributed by atoms with Crippen molar-refractivity contribution in [3.05, 3.63) is 101 Å². The summed E-state index contributed by atoms with van der Waals surface area (Å²) in [5.41, 5.74) is 4.17. The molecule has 0 fully saturated rings. The van der Waals surface area contributed by atoms with E-state index in [4.69, 9.17) is 0 Å². The second-order valence-corrected chi connectivity index (χ2v) is 11.7. The molecule has 0 saturated carbocycles. The molecule has 178 valence electrons. The minimum atomic E-state index is -3.77. The van der Waals surface area contributed by atoms with E-state index in [0.717, 1.165) is 22.5 Å². The maximum absolute atomic E-state index is 14.0. The van der Waals surface area contributed by atoms with Gasteiger partial charge in [0.1, 0.15) is 4.21 Å². The van der Waals surface area contributed by atoms with Crippen LogP contribution in [-0.2, 0) is 23.1 Å². The van der Waals surface area contributed by atoms with Crippen LogP contribution >= 0.6 is 11.3 Å². The van der Waals surface area contributed by atoms with E-state index >= 15 is 0 Å². The van der Waals surface area contributed by atoms with Gasteiger partial charge in [0.15, 0.2) is 0 Å². The maximum atomic E-state index is 14.0. The normalized spacial score (nSPS) is 17.4. The maximum Gasteiger partial charge on any atom is 0.253 e. The molecule has 5 rings (SSSR count). The Morgan fingerprint density at radius 3 is 2.71 bits per heavy atom. The molecule has 2 atom stereocenters. The molecule has 3 heterocycles. The number of aromatic amines is 1. The zero-order valence-corrected chi connectivity index (χ0v) is 20.8. The van der Waals surface area contributed by atoms with Crippen molar-refractivity contribution in [3.8, 4) is 6.07 Å². The van der Waals surface area contributed by atoms with Crippen LogP contribution in [0.1, 0.15) is 35.2 Å². The third-order valence-electron chi connectivity index (χ3n) is 6.52. The summed E-state index contributed by atoms with van der Waals surface area (Å²) in [6.45, 7) is 3.27. The standard InChI is InChI=1S/C26H25N5O2S2/c1-19(21-6-3-2-4-7-21)25-17-30(16-23-14-28-18-29-23)24-10-9-20(13-27)12-22(24)15-31(25)35(32,33)26-8-5-11-34-26/h2-12,14,18-19,25H,15-17H2,1H3,(H,28,29)/t19-,25+/m1/s1. The number of nitriles is 1. The van der Waals surface area contributed by atoms with Gasteiger partial charge in [-0.05, 0) is 46.7 Å². The average molecular weight is 504 g/mol. The molecule has 9 heteroatoms. The number of hydrogen-bond donors (Lipinski definition) is 1. The summed E-state index contributed by atoms with van der Waals surface area (Å²) in [6.07, 6.45) is 3.49. The second kappa shape index (κ2) is 9.66. The number of hydrogen-bond acceptors (Lipinski definition) is 6. The molecule has 1 N–H and O–H groups in total. The smallest absolute Gasteiger partial charge is 0.253 e. The van der Waals surface area contributed by atoms with Crippen molar-refractivity contribution in [3.63, 3.8) is 0 Å². The van der Waals surface area contributed by atoms with Crippen LogP contribution < -0.4 is 4.90 Å². The molecule has 4 aromatic rings. The summed E-state index contributed by atoms with van der Waals surface area (Å²) in [4.78, 5) is 9.59. The molecule has 0 radical (unpaired) electrons. The van der Waals surface area contributed by atoms with Crippen molar-refractivity contribution in [1.82, 2.24) is 14.3 Å². The Labute approximate surface area is 209 Å². The fourth-order valence-corrected chi connectivity index (χ4v) is 7.47. The first-order chi connectivity index (χ1) is 17.0. The van der Waals surface area contributed by atoms with Gasteiger partial charge in [-0.25, -0.2) is 13.4 Å². The zero-order valence-electron chi connectivity index (χ0n) is 19.2. The Hall–Kier alpha value is -3.45. The molecular weight excluding hydrogens is 478 g/mol. The van der Waals surface area contributed by atoms with Gasteiger partial charge >= 0.3 is 0 Å². The van der Waals surface area contributed by atoms with Crippen molar-refractivity contribution in [2.24, 2.45) is 0 Å². The van der Waals surface area contributed by atoms with Gasteiger partial charge in [0.25, 0.3) is 10.0 Å². The van der Waals surface area contributed by atoms with Crippen molar-refractivity contribution >= 4 is 27.0 Å². The van der Waals surface area contributed by atoms with Gasteiger partial charge < -0.3 is 9.88 Å². The second-order valence-electron chi connectivity index (χ2n) is 8.65. The quantitative estimate of drug-likeness (QED) is 0.411. The summed E-state index contributed by atoms with van der Waals surface area (Å²) in [5, 5.41) is 11.3. The van der Waals surface area contributed by atoms with Gasteiger partial charge in [0, 0.05) is 31.0 Å². The minimum absolute atomic E-state index is 0.0719. The number of aromatic nitrogens is 2. The van der Waals surface area contributed by atoms with E-state index in [1.165, 1.54) is 11.3 Å². The third kappa shape index (κ3) is 4.60. The Morgan fingerprint density at radius 2 is 2.03 bits per heavy atom. The average Bonchev–Trinajstić information content (AvgIpc) is 3.58.